The van der Waals surface area contributed by atoms with Gasteiger partial charge in [-0.05, 0) is 47.6 Å². The molecule has 0 aromatic heterocycles. The summed E-state index contributed by atoms with van der Waals surface area (Å²) in [6.07, 6.45) is 8.62. The van der Waals surface area contributed by atoms with E-state index >= 15 is 0 Å². The number of hydrogen-bond donors (Lipinski definition) is 3. The van der Waals surface area contributed by atoms with Crippen molar-refractivity contribution in [2.24, 2.45) is 10.7 Å². The van der Waals surface area contributed by atoms with Crippen LogP contribution in [-0.4, -0.2) is 33.5 Å². The number of amides is 1. The van der Waals surface area contributed by atoms with Crippen LogP contribution in [0.25, 0.3) is 5.70 Å². The number of carbonyl (C=O) groups is 1. The van der Waals surface area contributed by atoms with E-state index in [1.54, 1.807) is 4.90 Å². The molecule has 0 saturated heterocycles. The van der Waals surface area contributed by atoms with Gasteiger partial charge in [0.05, 0.1) is 30.1 Å². The first kappa shape index (κ1) is 25.5. The number of fused-ring (bicyclic) bond motifs is 1. The number of rotatable bonds is 9. The summed E-state index contributed by atoms with van der Waals surface area (Å²) in [5.74, 6) is 2.93. The van der Waals surface area contributed by atoms with E-state index in [4.69, 9.17) is 17.1 Å². The third-order valence-electron chi connectivity index (χ3n) is 7.69. The molecule has 0 spiro atoms. The van der Waals surface area contributed by atoms with Crippen molar-refractivity contribution >= 4 is 17.6 Å². The number of guanidine groups is 1. The average molecular weight is 485 g/mol. The molecule has 1 aliphatic heterocycles. The molecule has 1 aliphatic carbocycles. The Balaban J connectivity index is 1.62. The number of aliphatic imine (C=N–C) groups is 1. The number of aliphatic hydroxyl groups excluding tert-OH is 1. The monoisotopic (exact) mass is 484 g/mol. The number of hydrogen-bond acceptors (Lipinski definition) is 5. The van der Waals surface area contributed by atoms with Gasteiger partial charge in [0.2, 0.25) is 5.91 Å². The van der Waals surface area contributed by atoms with E-state index in [-0.39, 0.29) is 24.0 Å². The van der Waals surface area contributed by atoms with Crippen LogP contribution in [0, 0.1) is 12.3 Å². The SMILES string of the molecule is C#CCC[C@@H](c1cccc(C(=C)N[C@@H]2c3ccccc3C[C@H]2O)c1)N1C(=O)CC(CC)(CC)N=C1N. The van der Waals surface area contributed by atoms with Gasteiger partial charge in [0.15, 0.2) is 5.96 Å². The molecule has 1 heterocycles. The molecule has 188 valence electrons. The number of benzene rings is 2. The summed E-state index contributed by atoms with van der Waals surface area (Å²) in [7, 11) is 0. The van der Waals surface area contributed by atoms with Crippen molar-refractivity contribution in [3.05, 3.63) is 77.4 Å². The molecule has 2 aliphatic rings. The van der Waals surface area contributed by atoms with Crippen LogP contribution in [0.5, 0.6) is 0 Å². The van der Waals surface area contributed by atoms with Crippen LogP contribution in [0.2, 0.25) is 0 Å². The summed E-state index contributed by atoms with van der Waals surface area (Å²) < 4.78 is 0. The Kier molecular flexibility index (Phi) is 7.51. The zero-order chi connectivity index (χ0) is 25.9. The predicted octanol–water partition coefficient (Wildman–Crippen LogP) is 4.47. The number of terminal acetylenes is 1. The van der Waals surface area contributed by atoms with Gasteiger partial charge in [0.1, 0.15) is 0 Å². The van der Waals surface area contributed by atoms with E-state index in [1.165, 1.54) is 0 Å². The first-order valence-corrected chi connectivity index (χ1v) is 12.7. The van der Waals surface area contributed by atoms with Gasteiger partial charge >= 0.3 is 0 Å². The molecule has 4 rings (SSSR count). The third-order valence-corrected chi connectivity index (χ3v) is 7.69. The summed E-state index contributed by atoms with van der Waals surface area (Å²) in [5.41, 5.74) is 10.7. The van der Waals surface area contributed by atoms with Gasteiger partial charge in [-0.1, -0.05) is 62.9 Å². The molecular weight excluding hydrogens is 448 g/mol. The highest BCUT2D eigenvalue weighted by Crippen LogP contribution is 2.36. The van der Waals surface area contributed by atoms with Crippen LogP contribution in [-0.2, 0) is 11.2 Å². The van der Waals surface area contributed by atoms with Gasteiger partial charge in [0, 0.05) is 18.5 Å². The van der Waals surface area contributed by atoms with Crippen molar-refractivity contribution in [3.8, 4) is 12.3 Å². The Labute approximate surface area is 214 Å². The molecule has 0 saturated carbocycles. The molecule has 0 bridgehead atoms. The number of nitrogens with two attached hydrogens (primary N) is 1. The summed E-state index contributed by atoms with van der Waals surface area (Å²) in [4.78, 5) is 19.8. The number of carbonyl (C=O) groups excluding carboxylic acids is 1. The van der Waals surface area contributed by atoms with E-state index in [0.717, 1.165) is 35.1 Å². The molecule has 4 N–H and O–H groups in total. The van der Waals surface area contributed by atoms with Crippen LogP contribution >= 0.6 is 0 Å². The molecular formula is C30H36N4O2. The molecule has 1 amide bonds. The van der Waals surface area contributed by atoms with Crippen LogP contribution in [0.3, 0.4) is 0 Å². The Hall–Kier alpha value is -3.56. The topological polar surface area (TPSA) is 91.0 Å². The van der Waals surface area contributed by atoms with Crippen molar-refractivity contribution in [2.75, 3.05) is 0 Å². The summed E-state index contributed by atoms with van der Waals surface area (Å²) in [6.45, 7) is 8.34. The fourth-order valence-corrected chi connectivity index (χ4v) is 5.44. The average Bonchev–Trinajstić information content (AvgIpc) is 3.20. The maximum Gasteiger partial charge on any atom is 0.232 e. The fourth-order valence-electron chi connectivity index (χ4n) is 5.44. The molecule has 0 fully saturated rings. The van der Waals surface area contributed by atoms with Crippen LogP contribution in [0.1, 0.15) is 80.3 Å². The van der Waals surface area contributed by atoms with E-state index in [0.29, 0.717) is 31.4 Å². The van der Waals surface area contributed by atoms with Crippen molar-refractivity contribution < 1.29 is 9.90 Å². The molecule has 0 unspecified atom stereocenters. The van der Waals surface area contributed by atoms with Crippen molar-refractivity contribution in [2.45, 2.75) is 76.1 Å². The lowest BCUT2D eigenvalue weighted by molar-refractivity contribution is -0.131. The van der Waals surface area contributed by atoms with Gasteiger partial charge in [0.25, 0.3) is 0 Å². The Morgan fingerprint density at radius 1 is 1.31 bits per heavy atom. The van der Waals surface area contributed by atoms with Gasteiger partial charge in [-0.25, -0.2) is 4.99 Å². The highest BCUT2D eigenvalue weighted by atomic mass is 16.3. The maximum absolute atomic E-state index is 13.4. The molecule has 36 heavy (non-hydrogen) atoms. The molecule has 0 radical (unpaired) electrons. The summed E-state index contributed by atoms with van der Waals surface area (Å²) in [6, 6.07) is 15.4. The minimum Gasteiger partial charge on any atom is -0.390 e. The van der Waals surface area contributed by atoms with E-state index in [2.05, 4.69) is 17.8 Å². The van der Waals surface area contributed by atoms with Crippen molar-refractivity contribution in [1.29, 1.82) is 0 Å². The summed E-state index contributed by atoms with van der Waals surface area (Å²) >= 11 is 0. The second-order valence-electron chi connectivity index (χ2n) is 9.80. The molecule has 2 aromatic carbocycles. The zero-order valence-electron chi connectivity index (χ0n) is 21.2. The standard InChI is InChI=1S/C30H36N4O2/c1-5-8-16-25(34-27(36)19-30(6-2,7-3)33-29(34)31)23-14-11-13-21(17-23)20(4)32-28-24-15-10-9-12-22(24)18-26(28)35/h1,9-15,17,25-26,28,32,35H,4,6-8,16,18-19H2,2-3H3,(H2,31,33)/t25-,26+,28+/m0/s1. The van der Waals surface area contributed by atoms with Gasteiger partial charge in [-0.15, -0.1) is 12.3 Å². The van der Waals surface area contributed by atoms with Crippen molar-refractivity contribution in [3.63, 3.8) is 0 Å². The largest absolute Gasteiger partial charge is 0.390 e. The highest BCUT2D eigenvalue weighted by Gasteiger charge is 2.40. The number of nitrogens with one attached hydrogen (secondary N) is 1. The van der Waals surface area contributed by atoms with Gasteiger partial charge in [-0.3, -0.25) is 9.69 Å². The number of nitrogens with zero attached hydrogens (tertiary/aromatic N) is 2. The first-order chi connectivity index (χ1) is 17.3. The fraction of sp³-hybridized carbons (Fsp3) is 0.400. The predicted molar refractivity (Wildman–Crippen MR) is 145 cm³/mol. The maximum atomic E-state index is 13.4. The zero-order valence-corrected chi connectivity index (χ0v) is 21.2. The number of aliphatic hydroxyl groups is 1. The molecule has 6 nitrogen and oxygen atoms in total. The quantitative estimate of drug-likeness (QED) is 0.458. The Morgan fingerprint density at radius 2 is 2.06 bits per heavy atom. The van der Waals surface area contributed by atoms with Crippen LogP contribution in [0.15, 0.2) is 60.1 Å². The van der Waals surface area contributed by atoms with Gasteiger partial charge in [-0.2, -0.15) is 0 Å². The van der Waals surface area contributed by atoms with Crippen LogP contribution < -0.4 is 11.1 Å². The van der Waals surface area contributed by atoms with Crippen LogP contribution in [0.4, 0.5) is 0 Å². The lowest BCUT2D eigenvalue weighted by atomic mass is 9.87. The Morgan fingerprint density at radius 3 is 2.75 bits per heavy atom. The molecule has 3 atom stereocenters. The van der Waals surface area contributed by atoms with E-state index < -0.39 is 11.6 Å². The van der Waals surface area contributed by atoms with Crippen molar-refractivity contribution in [1.82, 2.24) is 10.2 Å². The van der Waals surface area contributed by atoms with Gasteiger partial charge < -0.3 is 16.2 Å². The van der Waals surface area contributed by atoms with E-state index in [1.807, 2.05) is 62.4 Å². The lowest BCUT2D eigenvalue weighted by Gasteiger charge is -2.40. The first-order valence-electron chi connectivity index (χ1n) is 12.7. The smallest absolute Gasteiger partial charge is 0.232 e. The lowest BCUT2D eigenvalue weighted by Crippen LogP contribution is -2.52. The highest BCUT2D eigenvalue weighted by molar-refractivity contribution is 5.99. The normalized spacial score (nSPS) is 21.3. The third kappa shape index (κ3) is 4.89. The van der Waals surface area contributed by atoms with E-state index in [9.17, 15) is 9.90 Å². The Bertz CT molecular complexity index is 1210. The molecule has 6 heteroatoms. The second-order valence-corrected chi connectivity index (χ2v) is 9.80. The minimum atomic E-state index is -0.523. The summed E-state index contributed by atoms with van der Waals surface area (Å²) in [5, 5.41) is 14.1. The second kappa shape index (κ2) is 10.6. The minimum absolute atomic E-state index is 0.0266. The molecule has 2 aromatic rings.